The summed E-state index contributed by atoms with van der Waals surface area (Å²) in [7, 11) is 0. The fourth-order valence-electron chi connectivity index (χ4n) is 4.99. The molecule has 35 heavy (non-hydrogen) atoms. The summed E-state index contributed by atoms with van der Waals surface area (Å²) in [6, 6.07) is 34.7. The Kier molecular flexibility index (Phi) is 8.95. The van der Waals surface area contributed by atoms with Crippen LogP contribution in [0.2, 0.25) is 0 Å². The van der Waals surface area contributed by atoms with Gasteiger partial charge in [-0.25, -0.2) is 0 Å². The van der Waals surface area contributed by atoms with E-state index in [2.05, 4.69) is 122 Å². The van der Waals surface area contributed by atoms with Crippen molar-refractivity contribution in [2.45, 2.75) is 13.3 Å². The Morgan fingerprint density at radius 3 is 1.89 bits per heavy atom. The van der Waals surface area contributed by atoms with Crippen LogP contribution in [0.4, 0.5) is 0 Å². The molecule has 1 radical (unpaired) electrons. The van der Waals surface area contributed by atoms with Crippen LogP contribution in [0.3, 0.4) is 0 Å². The first-order valence-corrected chi connectivity index (χ1v) is 11.2. The van der Waals surface area contributed by atoms with Crippen LogP contribution in [-0.2, 0) is 26.2 Å². The van der Waals surface area contributed by atoms with Gasteiger partial charge in [-0.05, 0) is 35.3 Å². The molecule has 0 fully saturated rings. The smallest absolute Gasteiger partial charge is 1.00 e. The Labute approximate surface area is 238 Å². The van der Waals surface area contributed by atoms with Crippen molar-refractivity contribution in [1.29, 1.82) is 0 Å². The summed E-state index contributed by atoms with van der Waals surface area (Å²) >= 11 is 0. The maximum absolute atomic E-state index is 3.76. The number of fused-ring (bicyclic) bond motifs is 2. The molecular formula is C32H23Cl2Zr. The molecular weight excluding hydrogens is 546 g/mol. The second-order valence-corrected chi connectivity index (χ2v) is 8.51. The monoisotopic (exact) mass is 567 g/mol. The Balaban J connectivity index is 0.00000114. The van der Waals surface area contributed by atoms with Crippen molar-refractivity contribution in [2.24, 2.45) is 0 Å². The van der Waals surface area contributed by atoms with Gasteiger partial charge in [0.15, 0.2) is 0 Å². The minimum absolute atomic E-state index is 0. The minimum atomic E-state index is 0. The molecule has 0 aliphatic heterocycles. The Morgan fingerprint density at radius 1 is 0.686 bits per heavy atom. The van der Waals surface area contributed by atoms with Gasteiger partial charge >= 0.3 is 26.2 Å². The molecule has 0 spiro atoms. The van der Waals surface area contributed by atoms with Crippen molar-refractivity contribution in [3.8, 4) is 0 Å². The molecule has 0 saturated carbocycles. The molecule has 0 N–H and O–H groups in total. The van der Waals surface area contributed by atoms with E-state index in [1.807, 2.05) is 0 Å². The third kappa shape index (κ3) is 4.96. The number of hydrogen-bond donors (Lipinski definition) is 0. The molecule has 0 bridgehead atoms. The van der Waals surface area contributed by atoms with Gasteiger partial charge in [0.2, 0.25) is 0 Å². The van der Waals surface area contributed by atoms with Gasteiger partial charge < -0.3 is 24.8 Å². The molecule has 4 aromatic carbocycles. The van der Waals surface area contributed by atoms with Crippen molar-refractivity contribution >= 4 is 17.2 Å². The third-order valence-electron chi connectivity index (χ3n) is 6.44. The number of allylic oxidation sites excluding steroid dienone is 4. The Morgan fingerprint density at radius 2 is 1.29 bits per heavy atom. The normalized spacial score (nSPS) is 12.5. The SMILES string of the molecule is CC1=CCC(c2c3c(ccc2=C(c2ccccc2)c2ccccc2)=c2ccccc2=[C-]3)=C1.[Cl-].[Cl-].[Zr+3]. The van der Waals surface area contributed by atoms with E-state index in [0.717, 1.165) is 6.42 Å². The van der Waals surface area contributed by atoms with Gasteiger partial charge in [0.25, 0.3) is 0 Å². The fraction of sp³-hybridized carbons (Fsp3) is 0.0625. The second-order valence-electron chi connectivity index (χ2n) is 8.51. The predicted octanol–water partition coefficient (Wildman–Crippen LogP) is -0.0210. The summed E-state index contributed by atoms with van der Waals surface area (Å²) < 4.78 is 0. The summed E-state index contributed by atoms with van der Waals surface area (Å²) in [5, 5.41) is 5.02. The molecule has 0 nitrogen and oxygen atoms in total. The average molecular weight is 570 g/mol. The van der Waals surface area contributed by atoms with E-state index in [1.54, 1.807) is 0 Å². The molecule has 0 amide bonds. The molecule has 169 valence electrons. The summed E-state index contributed by atoms with van der Waals surface area (Å²) in [5.41, 5.74) is 8.99. The molecule has 0 unspecified atom stereocenters. The van der Waals surface area contributed by atoms with Crippen LogP contribution >= 0.6 is 0 Å². The standard InChI is InChI=1S/C32H23.2ClH.Zr/c1-22-16-17-26(20-22)32-29(19-18-28-27-15-9-8-14-25(27)21-30(28)32)31(23-10-4-2-5-11-23)24-12-6-3-7-13-24;;;/h2-16,18-20H,17H2,1H3;2*1H;/q-1;;;+3/p-2. The first-order chi connectivity index (χ1) is 15.8. The number of halogens is 2. The van der Waals surface area contributed by atoms with Crippen LogP contribution in [0.5, 0.6) is 0 Å². The number of rotatable bonds is 3. The summed E-state index contributed by atoms with van der Waals surface area (Å²) in [6.07, 6.45) is 9.39. The molecule has 2 aliphatic rings. The quantitative estimate of drug-likeness (QED) is 0.268. The molecule has 2 aliphatic carbocycles. The van der Waals surface area contributed by atoms with E-state index < -0.39 is 0 Å². The van der Waals surface area contributed by atoms with Gasteiger partial charge in [-0.2, -0.15) is 0 Å². The van der Waals surface area contributed by atoms with Crippen molar-refractivity contribution < 1.29 is 51.0 Å². The molecule has 3 heteroatoms. The van der Waals surface area contributed by atoms with Gasteiger partial charge in [0.1, 0.15) is 0 Å². The van der Waals surface area contributed by atoms with Gasteiger partial charge in [-0.1, -0.05) is 120 Å². The average Bonchev–Trinajstić information content (AvgIpc) is 3.44. The van der Waals surface area contributed by atoms with Crippen LogP contribution in [0.25, 0.3) is 17.2 Å². The van der Waals surface area contributed by atoms with Crippen molar-refractivity contribution in [2.75, 3.05) is 0 Å². The molecule has 0 aromatic heterocycles. The summed E-state index contributed by atoms with van der Waals surface area (Å²) in [4.78, 5) is 0. The number of hydrogen-bond acceptors (Lipinski definition) is 0. The van der Waals surface area contributed by atoms with E-state index in [9.17, 15) is 0 Å². The maximum Gasteiger partial charge on any atom is 3.00 e. The zero-order chi connectivity index (χ0) is 21.5. The Bertz CT molecular complexity index is 1590. The van der Waals surface area contributed by atoms with Crippen LogP contribution in [0.15, 0.2) is 115 Å². The van der Waals surface area contributed by atoms with Gasteiger partial charge in [-0.3, -0.25) is 0 Å². The molecule has 0 heterocycles. The number of benzene rings is 4. The van der Waals surface area contributed by atoms with E-state index in [-0.39, 0.29) is 51.0 Å². The van der Waals surface area contributed by atoms with E-state index in [0.29, 0.717) is 0 Å². The van der Waals surface area contributed by atoms with Gasteiger partial charge in [0, 0.05) is 0 Å². The topological polar surface area (TPSA) is 0 Å². The third-order valence-corrected chi connectivity index (χ3v) is 6.44. The van der Waals surface area contributed by atoms with Crippen LogP contribution in [0, 0.1) is 10.4 Å². The van der Waals surface area contributed by atoms with Crippen LogP contribution < -0.4 is 35.3 Å². The van der Waals surface area contributed by atoms with Crippen LogP contribution in [-0.4, -0.2) is 0 Å². The van der Waals surface area contributed by atoms with Gasteiger partial charge in [-0.15, -0.1) is 33.4 Å². The fourth-order valence-corrected chi connectivity index (χ4v) is 4.99. The van der Waals surface area contributed by atoms with Gasteiger partial charge in [0.05, 0.1) is 0 Å². The van der Waals surface area contributed by atoms with E-state index >= 15 is 0 Å². The minimum Gasteiger partial charge on any atom is -1.00 e. The summed E-state index contributed by atoms with van der Waals surface area (Å²) in [6.45, 7) is 2.19. The van der Waals surface area contributed by atoms with E-state index in [4.69, 9.17) is 0 Å². The molecule has 0 saturated heterocycles. The van der Waals surface area contributed by atoms with Crippen molar-refractivity contribution in [1.82, 2.24) is 0 Å². The van der Waals surface area contributed by atoms with Crippen molar-refractivity contribution in [3.05, 3.63) is 158 Å². The zero-order valence-corrected chi connectivity index (χ0v) is 23.3. The molecule has 0 atom stereocenters. The first-order valence-electron chi connectivity index (χ1n) is 11.2. The van der Waals surface area contributed by atoms with Crippen LogP contribution in [0.1, 0.15) is 35.6 Å². The zero-order valence-electron chi connectivity index (χ0n) is 19.4. The van der Waals surface area contributed by atoms with E-state index in [1.165, 1.54) is 59.8 Å². The predicted molar refractivity (Wildman–Crippen MR) is 133 cm³/mol. The summed E-state index contributed by atoms with van der Waals surface area (Å²) in [5.74, 6) is 0. The van der Waals surface area contributed by atoms with Crippen molar-refractivity contribution in [3.63, 3.8) is 0 Å². The largest absolute Gasteiger partial charge is 3.00 e. The maximum atomic E-state index is 3.76. The molecule has 4 aromatic rings. The first kappa shape index (κ1) is 27.2. The molecule has 6 rings (SSSR count). The Hall–Kier alpha value is -2.44. The second kappa shape index (κ2) is 11.5.